The number of nitrogens with one attached hydrogen (secondary N) is 1. The molecular weight excluding hydrogens is 562 g/mol. The number of carbonyl (C=O) groups excluding carboxylic acids is 2. The van der Waals surface area contributed by atoms with Crippen molar-refractivity contribution in [2.24, 2.45) is 7.05 Å². The molecule has 38 heavy (non-hydrogen) atoms. The summed E-state index contributed by atoms with van der Waals surface area (Å²) in [6, 6.07) is 7.97. The number of aryl methyl sites for hydroxylation is 3. The molecule has 0 unspecified atom stereocenters. The summed E-state index contributed by atoms with van der Waals surface area (Å²) in [6.45, 7) is 2.17. The molecule has 0 saturated carbocycles. The van der Waals surface area contributed by atoms with Crippen molar-refractivity contribution < 1.29 is 9.59 Å². The first kappa shape index (κ1) is 23.8. The monoisotopic (exact) mass is 587 g/mol. The van der Waals surface area contributed by atoms with Gasteiger partial charge in [0.1, 0.15) is 0 Å². The maximum Gasteiger partial charge on any atom is 0.252 e. The highest BCUT2D eigenvalue weighted by Gasteiger charge is 2.35. The van der Waals surface area contributed by atoms with E-state index in [1.54, 1.807) is 0 Å². The number of amides is 1. The van der Waals surface area contributed by atoms with E-state index < -0.39 is 0 Å². The lowest BCUT2D eigenvalue weighted by Crippen LogP contribution is -2.19. The van der Waals surface area contributed by atoms with Crippen molar-refractivity contribution in [3.8, 4) is 11.1 Å². The van der Waals surface area contributed by atoms with E-state index in [1.807, 2.05) is 41.5 Å². The first-order chi connectivity index (χ1) is 18.3. The van der Waals surface area contributed by atoms with E-state index >= 15 is 0 Å². The summed E-state index contributed by atoms with van der Waals surface area (Å²) in [5.74, 6) is -0.0226. The number of aromatic nitrogens is 3. The number of thiophene rings is 1. The van der Waals surface area contributed by atoms with E-state index in [0.717, 1.165) is 74.6 Å². The van der Waals surface area contributed by atoms with Gasteiger partial charge in [-0.25, -0.2) is 0 Å². The number of nitrogens with zero attached hydrogens (tertiary/aromatic N) is 4. The van der Waals surface area contributed by atoms with Crippen LogP contribution in [0, 0.1) is 0 Å². The summed E-state index contributed by atoms with van der Waals surface area (Å²) < 4.78 is 5.08. The van der Waals surface area contributed by atoms with Crippen molar-refractivity contribution in [3.05, 3.63) is 73.1 Å². The molecule has 9 heteroatoms. The number of hydrogen-bond donors (Lipinski definition) is 1. The minimum atomic E-state index is -0.0289. The van der Waals surface area contributed by atoms with E-state index in [-0.39, 0.29) is 11.7 Å². The number of halogens is 1. The second kappa shape index (κ2) is 8.62. The highest BCUT2D eigenvalue weighted by atomic mass is 79.9. The predicted octanol–water partition coefficient (Wildman–Crippen LogP) is 5.15. The van der Waals surface area contributed by atoms with Crippen molar-refractivity contribution >= 4 is 60.8 Å². The molecule has 0 radical (unpaired) electrons. The van der Waals surface area contributed by atoms with Gasteiger partial charge in [0.25, 0.3) is 5.91 Å². The molecule has 7 rings (SSSR count). The van der Waals surface area contributed by atoms with Crippen molar-refractivity contribution in [2.45, 2.75) is 25.9 Å². The fraction of sp³-hybridized carbons (Fsp3) is 0.276. The van der Waals surface area contributed by atoms with Gasteiger partial charge in [0, 0.05) is 70.3 Å². The Morgan fingerprint density at radius 1 is 1.18 bits per heavy atom. The molecule has 192 valence electrons. The molecule has 0 spiro atoms. The molecular formula is C29H26BrN5O2S. The van der Waals surface area contributed by atoms with E-state index in [0.29, 0.717) is 17.0 Å². The van der Waals surface area contributed by atoms with Gasteiger partial charge in [-0.3, -0.25) is 14.3 Å². The van der Waals surface area contributed by atoms with Gasteiger partial charge in [-0.05, 0) is 83.6 Å². The summed E-state index contributed by atoms with van der Waals surface area (Å²) in [5.41, 5.74) is 9.08. The van der Waals surface area contributed by atoms with Gasteiger partial charge in [-0.2, -0.15) is 5.10 Å². The zero-order valence-electron chi connectivity index (χ0n) is 21.4. The number of hydrogen-bond acceptors (Lipinski definition) is 5. The smallest absolute Gasteiger partial charge is 0.252 e. The topological polar surface area (TPSA) is 72.2 Å². The number of rotatable bonds is 5. The molecule has 1 amide bonds. The van der Waals surface area contributed by atoms with Crippen molar-refractivity contribution in [1.29, 1.82) is 0 Å². The quantitative estimate of drug-likeness (QED) is 0.288. The third-order valence-corrected chi connectivity index (χ3v) is 9.64. The first-order valence-corrected chi connectivity index (χ1v) is 14.4. The Morgan fingerprint density at radius 3 is 2.79 bits per heavy atom. The van der Waals surface area contributed by atoms with Crippen LogP contribution in [0.2, 0.25) is 0 Å². The van der Waals surface area contributed by atoms with Crippen LogP contribution in [0.1, 0.15) is 42.4 Å². The zero-order valence-corrected chi connectivity index (χ0v) is 23.8. The average molecular weight is 589 g/mol. The molecule has 7 nitrogen and oxygen atoms in total. The minimum Gasteiger partial charge on any atom is -0.348 e. The Hall–Kier alpha value is -3.27. The lowest BCUT2D eigenvalue weighted by atomic mass is 9.82. The van der Waals surface area contributed by atoms with Crippen molar-refractivity contribution in [2.75, 3.05) is 20.6 Å². The third kappa shape index (κ3) is 3.38. The number of fused-ring (bicyclic) bond motifs is 10. The van der Waals surface area contributed by atoms with Crippen molar-refractivity contribution in [3.63, 3.8) is 0 Å². The van der Waals surface area contributed by atoms with Crippen LogP contribution >= 0.6 is 27.3 Å². The number of benzene rings is 2. The number of ketones is 1. The maximum atomic E-state index is 13.5. The SMILES string of the molecule is CN(C)CCn1c2ccc(C(=O)c3sccc3Br)cc2c2c3c(c4c(c21)CCc1nn(C)cc1-4)C(=O)NC3. The van der Waals surface area contributed by atoms with Gasteiger partial charge in [0.2, 0.25) is 5.78 Å². The molecule has 1 aliphatic heterocycles. The molecule has 0 bridgehead atoms. The molecule has 1 aliphatic carbocycles. The summed E-state index contributed by atoms with van der Waals surface area (Å²) in [4.78, 5) is 29.7. The van der Waals surface area contributed by atoms with Gasteiger partial charge in [0.15, 0.2) is 0 Å². The van der Waals surface area contributed by atoms with E-state index in [2.05, 4.69) is 50.9 Å². The van der Waals surface area contributed by atoms with Gasteiger partial charge in [-0.15, -0.1) is 11.3 Å². The van der Waals surface area contributed by atoms with Crippen LogP contribution in [0.4, 0.5) is 0 Å². The minimum absolute atomic E-state index is 0.00627. The Labute approximate surface area is 232 Å². The Kier molecular flexibility index (Phi) is 5.41. The molecule has 3 aromatic heterocycles. The van der Waals surface area contributed by atoms with Gasteiger partial charge in [-0.1, -0.05) is 0 Å². The Balaban J connectivity index is 1.58. The van der Waals surface area contributed by atoms with E-state index in [9.17, 15) is 9.59 Å². The Bertz CT molecular complexity index is 1830. The lowest BCUT2D eigenvalue weighted by molar-refractivity contribution is 0.0965. The Morgan fingerprint density at radius 2 is 2.03 bits per heavy atom. The van der Waals surface area contributed by atoms with Crippen LogP contribution in [-0.2, 0) is 33.0 Å². The van der Waals surface area contributed by atoms with Gasteiger partial charge >= 0.3 is 0 Å². The normalized spacial score (nSPS) is 14.3. The van der Waals surface area contributed by atoms with Gasteiger partial charge < -0.3 is 14.8 Å². The van der Waals surface area contributed by atoms with Crippen LogP contribution in [0.3, 0.4) is 0 Å². The maximum absolute atomic E-state index is 13.5. The molecule has 2 aliphatic rings. The summed E-state index contributed by atoms with van der Waals surface area (Å²) in [5, 5.41) is 11.9. The van der Waals surface area contributed by atoms with Crippen LogP contribution in [0.5, 0.6) is 0 Å². The fourth-order valence-corrected chi connectivity index (χ4v) is 7.69. The first-order valence-electron chi connectivity index (χ1n) is 12.7. The predicted molar refractivity (Wildman–Crippen MR) is 154 cm³/mol. The standard InChI is InChI=1S/C29H26BrN5O2S/c1-33(2)9-10-35-22-7-4-15(27(36)28-20(30)8-11-38-28)12-17(22)24-18-13-31-29(37)25(18)23-16(26(24)35)5-6-21-19(23)14-34(3)32-21/h4,7-8,11-12,14H,5-6,9-10,13H2,1-3H3,(H,31,37). The lowest BCUT2D eigenvalue weighted by Gasteiger charge is -2.22. The molecule has 2 aromatic carbocycles. The summed E-state index contributed by atoms with van der Waals surface area (Å²) in [7, 11) is 6.11. The fourth-order valence-electron chi connectivity index (χ4n) is 6.18. The third-order valence-electron chi connectivity index (χ3n) is 7.80. The highest BCUT2D eigenvalue weighted by Crippen LogP contribution is 2.47. The van der Waals surface area contributed by atoms with Crippen LogP contribution < -0.4 is 5.32 Å². The van der Waals surface area contributed by atoms with Crippen LogP contribution in [0.25, 0.3) is 32.9 Å². The van der Waals surface area contributed by atoms with Gasteiger partial charge in [0.05, 0.1) is 21.7 Å². The summed E-state index contributed by atoms with van der Waals surface area (Å²) in [6.07, 6.45) is 3.71. The largest absolute Gasteiger partial charge is 0.348 e. The van der Waals surface area contributed by atoms with Crippen molar-refractivity contribution in [1.82, 2.24) is 24.6 Å². The number of likely N-dealkylation sites (N-methyl/N-ethyl adjacent to an activating group) is 1. The highest BCUT2D eigenvalue weighted by molar-refractivity contribution is 9.10. The molecule has 0 atom stereocenters. The molecule has 0 fully saturated rings. The van der Waals surface area contributed by atoms with Crippen LogP contribution in [0.15, 0.2) is 40.3 Å². The zero-order chi connectivity index (χ0) is 26.3. The average Bonchev–Trinajstić information content (AvgIpc) is 3.65. The second-order valence-corrected chi connectivity index (χ2v) is 12.2. The van der Waals surface area contributed by atoms with Crippen LogP contribution in [-0.4, -0.2) is 51.6 Å². The van der Waals surface area contributed by atoms with E-state index in [1.165, 1.54) is 22.4 Å². The molecule has 0 saturated heterocycles. The molecule has 1 N–H and O–H groups in total. The van der Waals surface area contributed by atoms with E-state index in [4.69, 9.17) is 5.10 Å². The molecule has 4 heterocycles. The molecule has 5 aromatic rings. The summed E-state index contributed by atoms with van der Waals surface area (Å²) >= 11 is 4.97. The number of carbonyl (C=O) groups is 2. The second-order valence-electron chi connectivity index (χ2n) is 10.4.